The summed E-state index contributed by atoms with van der Waals surface area (Å²) in [6.07, 6.45) is 2.11. The summed E-state index contributed by atoms with van der Waals surface area (Å²) in [4.78, 5) is 0. The van der Waals surface area contributed by atoms with Crippen LogP contribution < -0.4 is 9.30 Å². The number of fused-ring (bicyclic) bond motifs is 1. The second-order valence-corrected chi connectivity index (χ2v) is 6.01. The molecule has 3 heteroatoms. The first-order chi connectivity index (χ1) is 10.4. The highest BCUT2D eigenvalue weighted by atomic mass is 32.1. The molecular weight excluding hydrogens is 278 g/mol. The normalized spacial score (nSPS) is 10.9. The van der Waals surface area contributed by atoms with Gasteiger partial charge >= 0.3 is 5.19 Å². The number of aryl methyl sites for hydroxylation is 2. The molecule has 0 atom stereocenters. The molecule has 0 radical (unpaired) electrons. The molecule has 0 bridgehead atoms. The number of benzene rings is 2. The van der Waals surface area contributed by atoms with Gasteiger partial charge < -0.3 is 4.74 Å². The number of ether oxygens (including phenoxy) is 1. The average Bonchev–Trinajstić information content (AvgIpc) is 2.90. The van der Waals surface area contributed by atoms with Crippen LogP contribution in [-0.2, 0) is 13.0 Å². The van der Waals surface area contributed by atoms with Crippen LogP contribution in [0.1, 0.15) is 18.9 Å². The molecule has 2 aromatic carbocycles. The maximum absolute atomic E-state index is 6.02. The molecule has 0 saturated carbocycles. The molecule has 1 heterocycles. The quantitative estimate of drug-likeness (QED) is 0.490. The van der Waals surface area contributed by atoms with Crippen molar-refractivity contribution in [1.29, 1.82) is 0 Å². The summed E-state index contributed by atoms with van der Waals surface area (Å²) in [5, 5.41) is 1.02. The SMILES string of the molecule is CC[n+]1c(OCCCc2ccccc2)sc2ccccc21. The van der Waals surface area contributed by atoms with Gasteiger partial charge in [-0.15, -0.1) is 4.57 Å². The van der Waals surface area contributed by atoms with Crippen LogP contribution in [0.25, 0.3) is 10.2 Å². The maximum atomic E-state index is 6.02. The van der Waals surface area contributed by atoms with Crippen LogP contribution in [0.3, 0.4) is 0 Å². The van der Waals surface area contributed by atoms with E-state index in [-0.39, 0.29) is 0 Å². The van der Waals surface area contributed by atoms with E-state index in [1.165, 1.54) is 15.8 Å². The number of rotatable bonds is 6. The van der Waals surface area contributed by atoms with E-state index in [0.29, 0.717) is 0 Å². The fourth-order valence-corrected chi connectivity index (χ4v) is 3.60. The summed E-state index contributed by atoms with van der Waals surface area (Å²) in [5.41, 5.74) is 2.64. The lowest BCUT2D eigenvalue weighted by molar-refractivity contribution is -0.669. The zero-order valence-electron chi connectivity index (χ0n) is 12.3. The molecule has 2 nitrogen and oxygen atoms in total. The molecule has 108 valence electrons. The van der Waals surface area contributed by atoms with Crippen LogP contribution in [-0.4, -0.2) is 6.61 Å². The number of nitrogens with zero attached hydrogens (tertiary/aromatic N) is 1. The number of para-hydroxylation sites is 1. The zero-order chi connectivity index (χ0) is 14.5. The predicted molar refractivity (Wildman–Crippen MR) is 88.0 cm³/mol. The lowest BCUT2D eigenvalue weighted by Crippen LogP contribution is -2.32. The van der Waals surface area contributed by atoms with Crippen LogP contribution in [0.15, 0.2) is 54.6 Å². The van der Waals surface area contributed by atoms with Gasteiger partial charge in [0.2, 0.25) is 5.52 Å². The Morgan fingerprint density at radius 1 is 1.00 bits per heavy atom. The Bertz CT molecular complexity index is 706. The first-order valence-electron chi connectivity index (χ1n) is 7.46. The van der Waals surface area contributed by atoms with E-state index in [0.717, 1.165) is 31.2 Å². The van der Waals surface area contributed by atoms with Gasteiger partial charge in [-0.2, -0.15) is 0 Å². The van der Waals surface area contributed by atoms with Crippen molar-refractivity contribution in [2.75, 3.05) is 6.61 Å². The molecule has 1 aromatic heterocycles. The van der Waals surface area contributed by atoms with Gasteiger partial charge in [-0.05, 0) is 42.7 Å². The molecule has 0 fully saturated rings. The fourth-order valence-electron chi connectivity index (χ4n) is 2.50. The van der Waals surface area contributed by atoms with E-state index in [9.17, 15) is 0 Å². The number of aromatic nitrogens is 1. The first-order valence-corrected chi connectivity index (χ1v) is 8.28. The van der Waals surface area contributed by atoms with Crippen molar-refractivity contribution < 1.29 is 9.30 Å². The summed E-state index contributed by atoms with van der Waals surface area (Å²) < 4.78 is 9.56. The minimum Gasteiger partial charge on any atom is -0.436 e. The largest absolute Gasteiger partial charge is 0.436 e. The van der Waals surface area contributed by atoms with Gasteiger partial charge in [-0.3, -0.25) is 0 Å². The third kappa shape index (κ3) is 3.24. The molecule has 0 aliphatic carbocycles. The molecule has 0 aliphatic rings. The Morgan fingerprint density at radius 2 is 1.76 bits per heavy atom. The first kappa shape index (κ1) is 14.1. The summed E-state index contributed by atoms with van der Waals surface area (Å²) >= 11 is 1.74. The van der Waals surface area contributed by atoms with Crippen LogP contribution in [0.4, 0.5) is 0 Å². The molecule has 3 rings (SSSR count). The summed E-state index contributed by atoms with van der Waals surface area (Å²) in [6, 6.07) is 19.1. The second kappa shape index (κ2) is 6.72. The molecule has 0 aliphatic heterocycles. The van der Waals surface area contributed by atoms with Gasteiger partial charge in [0.15, 0.2) is 6.54 Å². The third-order valence-corrected chi connectivity index (χ3v) is 4.65. The van der Waals surface area contributed by atoms with Gasteiger partial charge in [0.25, 0.3) is 0 Å². The molecule has 21 heavy (non-hydrogen) atoms. The number of hydrogen-bond acceptors (Lipinski definition) is 2. The van der Waals surface area contributed by atoms with Crippen molar-refractivity contribution in [3.8, 4) is 5.19 Å². The lowest BCUT2D eigenvalue weighted by Gasteiger charge is -2.02. The van der Waals surface area contributed by atoms with Crippen molar-refractivity contribution >= 4 is 21.6 Å². The van der Waals surface area contributed by atoms with Gasteiger partial charge in [0.1, 0.15) is 4.70 Å². The van der Waals surface area contributed by atoms with Gasteiger partial charge in [-0.1, -0.05) is 42.5 Å². The van der Waals surface area contributed by atoms with Crippen molar-refractivity contribution in [2.24, 2.45) is 0 Å². The summed E-state index contributed by atoms with van der Waals surface area (Å²) in [6.45, 7) is 3.87. The maximum Gasteiger partial charge on any atom is 0.431 e. The van der Waals surface area contributed by atoms with Crippen LogP contribution >= 0.6 is 11.3 Å². The third-order valence-electron chi connectivity index (χ3n) is 3.57. The van der Waals surface area contributed by atoms with E-state index in [2.05, 4.69) is 66.1 Å². The Balaban J connectivity index is 1.63. The van der Waals surface area contributed by atoms with E-state index in [1.807, 2.05) is 0 Å². The van der Waals surface area contributed by atoms with E-state index in [4.69, 9.17) is 4.74 Å². The summed E-state index contributed by atoms with van der Waals surface area (Å²) in [5.74, 6) is 0. The van der Waals surface area contributed by atoms with Crippen molar-refractivity contribution in [2.45, 2.75) is 26.3 Å². The highest BCUT2D eigenvalue weighted by Gasteiger charge is 2.19. The Labute approximate surface area is 129 Å². The smallest absolute Gasteiger partial charge is 0.431 e. The monoisotopic (exact) mass is 298 g/mol. The Kier molecular flexibility index (Phi) is 4.51. The summed E-state index contributed by atoms with van der Waals surface area (Å²) in [7, 11) is 0. The molecule has 3 aromatic rings. The highest BCUT2D eigenvalue weighted by Crippen LogP contribution is 2.25. The van der Waals surface area contributed by atoms with Gasteiger partial charge in [-0.25, -0.2) is 0 Å². The average molecular weight is 298 g/mol. The lowest BCUT2D eigenvalue weighted by atomic mass is 10.1. The van der Waals surface area contributed by atoms with Crippen molar-refractivity contribution in [1.82, 2.24) is 0 Å². The molecule has 0 N–H and O–H groups in total. The molecule has 0 amide bonds. The van der Waals surface area contributed by atoms with E-state index >= 15 is 0 Å². The van der Waals surface area contributed by atoms with E-state index < -0.39 is 0 Å². The predicted octanol–water partition coefficient (Wildman–Crippen LogP) is 4.22. The topological polar surface area (TPSA) is 13.1 Å². The zero-order valence-corrected chi connectivity index (χ0v) is 13.1. The molecule has 0 saturated heterocycles. The van der Waals surface area contributed by atoms with Gasteiger partial charge in [0, 0.05) is 6.07 Å². The minimum absolute atomic E-state index is 0.766. The Morgan fingerprint density at radius 3 is 2.57 bits per heavy atom. The van der Waals surface area contributed by atoms with Crippen LogP contribution in [0.2, 0.25) is 0 Å². The molecular formula is C18H20NOS+. The van der Waals surface area contributed by atoms with E-state index in [1.54, 1.807) is 11.3 Å². The minimum atomic E-state index is 0.766. The second-order valence-electron chi connectivity index (χ2n) is 5.02. The Hall–Kier alpha value is -1.87. The fraction of sp³-hybridized carbons (Fsp3) is 0.278. The standard InChI is InChI=1S/C18H20NOS/c1-2-19-16-12-6-7-13-17(16)21-18(19)20-14-8-11-15-9-4-3-5-10-15/h3-7,9-10,12-13H,2,8,11,14H2,1H3/q+1. The number of hydrogen-bond donors (Lipinski definition) is 0. The molecule has 0 unspecified atom stereocenters. The van der Waals surface area contributed by atoms with Crippen molar-refractivity contribution in [3.05, 3.63) is 60.2 Å². The highest BCUT2D eigenvalue weighted by molar-refractivity contribution is 7.19. The molecule has 0 spiro atoms. The van der Waals surface area contributed by atoms with Crippen LogP contribution in [0.5, 0.6) is 5.19 Å². The van der Waals surface area contributed by atoms with Crippen LogP contribution in [0, 0.1) is 0 Å². The van der Waals surface area contributed by atoms with Gasteiger partial charge in [0.05, 0.1) is 6.61 Å². The van der Waals surface area contributed by atoms with Crippen molar-refractivity contribution in [3.63, 3.8) is 0 Å². The number of thiazole rings is 1.